The van der Waals surface area contributed by atoms with Crippen LogP contribution in [0.5, 0.6) is 0 Å². The highest BCUT2D eigenvalue weighted by Gasteiger charge is 2.13. The van der Waals surface area contributed by atoms with Gasteiger partial charge in [-0.15, -0.1) is 0 Å². The predicted octanol–water partition coefficient (Wildman–Crippen LogP) is 3.83. The minimum Gasteiger partial charge on any atom is -0.322 e. The van der Waals surface area contributed by atoms with Crippen molar-refractivity contribution in [3.8, 4) is 0 Å². The second kappa shape index (κ2) is 5.18. The van der Waals surface area contributed by atoms with Crippen molar-refractivity contribution >= 4 is 11.6 Å². The first kappa shape index (κ1) is 13.2. The van der Waals surface area contributed by atoms with Crippen molar-refractivity contribution in [1.82, 2.24) is 0 Å². The molecule has 2 aromatic rings. The van der Waals surface area contributed by atoms with E-state index in [0.29, 0.717) is 11.3 Å². The van der Waals surface area contributed by atoms with Gasteiger partial charge in [0.2, 0.25) is 0 Å². The largest absolute Gasteiger partial charge is 0.322 e. The van der Waals surface area contributed by atoms with Gasteiger partial charge in [-0.2, -0.15) is 0 Å². The Morgan fingerprint density at radius 3 is 2.47 bits per heavy atom. The van der Waals surface area contributed by atoms with E-state index in [2.05, 4.69) is 5.32 Å². The molecule has 0 atom stereocenters. The van der Waals surface area contributed by atoms with Gasteiger partial charge in [0, 0.05) is 5.69 Å². The number of nitrogens with one attached hydrogen (secondary N) is 1. The number of aryl methyl sites for hydroxylation is 2. The molecule has 0 radical (unpaired) electrons. The average molecular weight is 261 g/mol. The van der Waals surface area contributed by atoms with Crippen LogP contribution in [-0.2, 0) is 0 Å². The molecule has 0 aromatic heterocycles. The van der Waals surface area contributed by atoms with Gasteiger partial charge in [0.25, 0.3) is 5.91 Å². The topological polar surface area (TPSA) is 29.1 Å². The molecule has 0 fully saturated rings. The highest BCUT2D eigenvalue weighted by atomic mass is 19.1. The summed E-state index contributed by atoms with van der Waals surface area (Å²) in [4.78, 5) is 12.0. The number of anilines is 1. The lowest BCUT2D eigenvalue weighted by atomic mass is 10.1. The van der Waals surface area contributed by atoms with E-state index in [1.54, 1.807) is 19.9 Å². The highest BCUT2D eigenvalue weighted by Crippen LogP contribution is 2.18. The zero-order valence-electron chi connectivity index (χ0n) is 10.6. The third-order valence-corrected chi connectivity index (χ3v) is 2.80. The first-order chi connectivity index (χ1) is 8.97. The molecule has 0 aliphatic carbocycles. The zero-order chi connectivity index (χ0) is 14.0. The molecule has 19 heavy (non-hydrogen) atoms. The van der Waals surface area contributed by atoms with Crippen LogP contribution in [-0.4, -0.2) is 5.91 Å². The third-order valence-electron chi connectivity index (χ3n) is 2.80. The first-order valence-electron chi connectivity index (χ1n) is 5.81. The van der Waals surface area contributed by atoms with Crippen molar-refractivity contribution in [3.63, 3.8) is 0 Å². The van der Waals surface area contributed by atoms with Gasteiger partial charge in [-0.25, -0.2) is 8.78 Å². The first-order valence-corrected chi connectivity index (χ1v) is 5.81. The van der Waals surface area contributed by atoms with Crippen LogP contribution in [0, 0.1) is 25.5 Å². The molecule has 0 heterocycles. The van der Waals surface area contributed by atoms with Crippen LogP contribution in [0.25, 0.3) is 0 Å². The van der Waals surface area contributed by atoms with Crippen molar-refractivity contribution < 1.29 is 13.6 Å². The molecule has 0 spiro atoms. The molecular formula is C15H13F2NO. The standard InChI is InChI=1S/C15H13F2NO/c1-9-3-5-13(17)12(7-9)15(19)18-14-6-4-11(16)8-10(14)2/h3-8H,1-2H3,(H,18,19). The third kappa shape index (κ3) is 2.96. The van der Waals surface area contributed by atoms with E-state index in [1.165, 1.54) is 30.3 Å². The fourth-order valence-corrected chi connectivity index (χ4v) is 1.77. The molecule has 1 amide bonds. The second-order valence-electron chi connectivity index (χ2n) is 4.40. The maximum atomic E-state index is 13.6. The molecule has 0 aliphatic heterocycles. The molecular weight excluding hydrogens is 248 g/mol. The summed E-state index contributed by atoms with van der Waals surface area (Å²) < 4.78 is 26.5. The Hall–Kier alpha value is -2.23. The van der Waals surface area contributed by atoms with Crippen molar-refractivity contribution in [2.75, 3.05) is 5.32 Å². The Morgan fingerprint density at radius 1 is 1.05 bits per heavy atom. The van der Waals surface area contributed by atoms with E-state index in [1.807, 2.05) is 0 Å². The Morgan fingerprint density at radius 2 is 1.79 bits per heavy atom. The SMILES string of the molecule is Cc1ccc(F)c(C(=O)Nc2ccc(F)cc2C)c1. The molecule has 0 saturated heterocycles. The maximum absolute atomic E-state index is 13.6. The van der Waals surface area contributed by atoms with Crippen LogP contribution in [0.3, 0.4) is 0 Å². The number of amides is 1. The summed E-state index contributed by atoms with van der Waals surface area (Å²) in [5.41, 5.74) is 1.82. The van der Waals surface area contributed by atoms with Crippen LogP contribution in [0.15, 0.2) is 36.4 Å². The summed E-state index contributed by atoms with van der Waals surface area (Å²) in [5, 5.41) is 2.58. The van der Waals surface area contributed by atoms with Gasteiger partial charge in [-0.05, 0) is 49.7 Å². The molecule has 1 N–H and O–H groups in total. The molecule has 0 aliphatic rings. The van der Waals surface area contributed by atoms with Gasteiger partial charge in [0.1, 0.15) is 11.6 Å². The van der Waals surface area contributed by atoms with Crippen LogP contribution in [0.2, 0.25) is 0 Å². The van der Waals surface area contributed by atoms with Crippen LogP contribution in [0.4, 0.5) is 14.5 Å². The molecule has 0 saturated carbocycles. The fourth-order valence-electron chi connectivity index (χ4n) is 1.77. The molecule has 2 nitrogen and oxygen atoms in total. The highest BCUT2D eigenvalue weighted by molar-refractivity contribution is 6.04. The van der Waals surface area contributed by atoms with Crippen LogP contribution >= 0.6 is 0 Å². The minimum atomic E-state index is -0.581. The normalized spacial score (nSPS) is 10.3. The average Bonchev–Trinajstić information content (AvgIpc) is 2.35. The summed E-state index contributed by atoms with van der Waals surface area (Å²) in [6, 6.07) is 8.33. The number of rotatable bonds is 2. The number of hydrogen-bond donors (Lipinski definition) is 1. The van der Waals surface area contributed by atoms with Gasteiger partial charge >= 0.3 is 0 Å². The zero-order valence-corrected chi connectivity index (χ0v) is 10.6. The molecule has 2 aromatic carbocycles. The van der Waals surface area contributed by atoms with E-state index >= 15 is 0 Å². The lowest BCUT2D eigenvalue weighted by Gasteiger charge is -2.09. The molecule has 2 rings (SSSR count). The van der Waals surface area contributed by atoms with Gasteiger partial charge < -0.3 is 5.32 Å². The van der Waals surface area contributed by atoms with Gasteiger partial charge in [0.05, 0.1) is 5.56 Å². The number of carbonyl (C=O) groups excluding carboxylic acids is 1. The summed E-state index contributed by atoms with van der Waals surface area (Å²) >= 11 is 0. The van der Waals surface area contributed by atoms with Crippen molar-refractivity contribution in [2.24, 2.45) is 0 Å². The molecule has 0 unspecified atom stereocenters. The molecule has 98 valence electrons. The summed E-state index contributed by atoms with van der Waals surface area (Å²) in [5.74, 6) is -1.50. The predicted molar refractivity (Wildman–Crippen MR) is 70.2 cm³/mol. The van der Waals surface area contributed by atoms with E-state index in [9.17, 15) is 13.6 Å². The van der Waals surface area contributed by atoms with Crippen molar-refractivity contribution in [2.45, 2.75) is 13.8 Å². The maximum Gasteiger partial charge on any atom is 0.258 e. The summed E-state index contributed by atoms with van der Waals surface area (Å²) in [6.45, 7) is 3.45. The van der Waals surface area contributed by atoms with Crippen LogP contribution < -0.4 is 5.32 Å². The number of benzene rings is 2. The Labute approximate surface area is 110 Å². The molecule has 0 bridgehead atoms. The monoisotopic (exact) mass is 261 g/mol. The lowest BCUT2D eigenvalue weighted by molar-refractivity contribution is 0.102. The Balaban J connectivity index is 2.28. The number of carbonyl (C=O) groups is 1. The quantitative estimate of drug-likeness (QED) is 0.874. The van der Waals surface area contributed by atoms with Gasteiger partial charge in [-0.1, -0.05) is 11.6 Å². The number of hydrogen-bond acceptors (Lipinski definition) is 1. The van der Waals surface area contributed by atoms with Crippen molar-refractivity contribution in [3.05, 3.63) is 64.7 Å². The summed E-state index contributed by atoms with van der Waals surface area (Å²) in [7, 11) is 0. The number of halogens is 2. The Bertz CT molecular complexity index is 638. The Kier molecular flexibility index (Phi) is 3.60. The minimum absolute atomic E-state index is 0.0243. The second-order valence-corrected chi connectivity index (χ2v) is 4.40. The van der Waals surface area contributed by atoms with E-state index in [4.69, 9.17) is 0 Å². The van der Waals surface area contributed by atoms with E-state index in [-0.39, 0.29) is 11.4 Å². The van der Waals surface area contributed by atoms with Gasteiger partial charge in [-0.3, -0.25) is 4.79 Å². The van der Waals surface area contributed by atoms with Crippen LogP contribution in [0.1, 0.15) is 21.5 Å². The fraction of sp³-hybridized carbons (Fsp3) is 0.133. The van der Waals surface area contributed by atoms with Crippen molar-refractivity contribution in [1.29, 1.82) is 0 Å². The van der Waals surface area contributed by atoms with E-state index in [0.717, 1.165) is 5.56 Å². The lowest BCUT2D eigenvalue weighted by Crippen LogP contribution is -2.14. The molecule has 4 heteroatoms. The van der Waals surface area contributed by atoms with E-state index < -0.39 is 11.7 Å². The van der Waals surface area contributed by atoms with Gasteiger partial charge in [0.15, 0.2) is 0 Å². The summed E-state index contributed by atoms with van der Waals surface area (Å²) in [6.07, 6.45) is 0. The smallest absolute Gasteiger partial charge is 0.258 e.